The highest BCUT2D eigenvalue weighted by Gasteiger charge is 2.53. The van der Waals surface area contributed by atoms with Crippen LogP contribution in [0.25, 0.3) is 0 Å². The number of piperidine rings is 2. The molecule has 0 amide bonds. The number of rotatable bonds is 14. The molecule has 3 rings (SSSR count). The number of phenols is 1. The molecule has 0 spiro atoms. The van der Waals surface area contributed by atoms with Crippen LogP contribution in [0.4, 0.5) is 0 Å². The minimum Gasteiger partial charge on any atom is -0.507 e. The van der Waals surface area contributed by atoms with Crippen molar-refractivity contribution in [1.82, 2.24) is 10.6 Å². The lowest BCUT2D eigenvalue weighted by atomic mass is 9.73. The molecule has 0 radical (unpaired) electrons. The number of ether oxygens (including phenoxy) is 2. The summed E-state index contributed by atoms with van der Waals surface area (Å²) >= 11 is 0. The number of phenolic OH excluding ortho intramolecular Hbond substituents is 1. The Labute approximate surface area is 323 Å². The predicted molar refractivity (Wildman–Crippen MR) is 217 cm³/mol. The van der Waals surface area contributed by atoms with E-state index in [4.69, 9.17) is 18.5 Å². The smallest absolute Gasteiger partial charge is 0.324 e. The second-order valence-electron chi connectivity index (χ2n) is 20.5. The molecule has 1 aromatic carbocycles. The lowest BCUT2D eigenvalue weighted by molar-refractivity contribution is -0.183. The van der Waals surface area contributed by atoms with Crippen LogP contribution in [0.5, 0.6) is 5.75 Å². The van der Waals surface area contributed by atoms with Crippen LogP contribution in [0.1, 0.15) is 166 Å². The Balaban J connectivity index is 2.24. The van der Waals surface area contributed by atoms with Gasteiger partial charge in [0.1, 0.15) is 18.0 Å². The van der Waals surface area contributed by atoms with Gasteiger partial charge in [0.15, 0.2) is 13.8 Å². The quantitative estimate of drug-likeness (QED) is 0.0969. The van der Waals surface area contributed by atoms with Gasteiger partial charge in [-0.2, -0.15) is 0 Å². The van der Waals surface area contributed by atoms with Gasteiger partial charge in [0.05, 0.1) is 13.2 Å². The van der Waals surface area contributed by atoms with Gasteiger partial charge in [0.25, 0.3) is 0 Å². The highest BCUT2D eigenvalue weighted by atomic mass is 31.2. The summed E-state index contributed by atoms with van der Waals surface area (Å²) < 4.78 is 25.0. The third-order valence-corrected chi connectivity index (χ3v) is 12.2. The molecule has 0 aromatic heterocycles. The fourth-order valence-corrected chi connectivity index (χ4v) is 10.2. The number of nitrogens with one attached hydrogen (secondary N) is 2. The maximum atomic E-state index is 15.2. The standard InChI is InChI=1S/C43H75N2O7P/c1-17-49-53(50-18-2)21-19-20-43(35(47)51-30-25-39(9,10)44-40(11,12)26-30,36(48)52-31-27-41(13,14)45-42(15,16)28-31)24-29-22-32(37(3,4)5)34(46)33(23-29)38(6,7)8/h22-23,30-31,44-46H,17-21,24-28H2,1-16H3. The highest BCUT2D eigenvalue weighted by Crippen LogP contribution is 2.45. The van der Waals surface area contributed by atoms with Gasteiger partial charge in [-0.25, -0.2) is 0 Å². The minimum absolute atomic E-state index is 0.0772. The van der Waals surface area contributed by atoms with Crippen LogP contribution in [-0.2, 0) is 45.4 Å². The largest absolute Gasteiger partial charge is 0.507 e. The third kappa shape index (κ3) is 12.6. The van der Waals surface area contributed by atoms with Gasteiger partial charge in [-0.1, -0.05) is 53.7 Å². The number of benzene rings is 1. The monoisotopic (exact) mass is 763 g/mol. The molecule has 0 bridgehead atoms. The van der Waals surface area contributed by atoms with Crippen molar-refractivity contribution in [1.29, 1.82) is 0 Å². The van der Waals surface area contributed by atoms with Crippen LogP contribution in [-0.4, -0.2) is 70.8 Å². The number of aromatic hydroxyl groups is 1. The molecule has 2 heterocycles. The Morgan fingerprint density at radius 3 is 1.40 bits per heavy atom. The summed E-state index contributed by atoms with van der Waals surface area (Å²) in [6, 6.07) is 3.95. The van der Waals surface area contributed by atoms with Crippen molar-refractivity contribution >= 4 is 20.3 Å². The molecule has 2 aliphatic rings. The van der Waals surface area contributed by atoms with Crippen molar-refractivity contribution in [3.8, 4) is 5.75 Å². The predicted octanol–water partition coefficient (Wildman–Crippen LogP) is 9.39. The molecular formula is C43H75N2O7P. The summed E-state index contributed by atoms with van der Waals surface area (Å²) in [6.07, 6.45) is 3.03. The Bertz CT molecular complexity index is 1300. The van der Waals surface area contributed by atoms with Crippen molar-refractivity contribution < 1.29 is 33.2 Å². The van der Waals surface area contributed by atoms with Crippen molar-refractivity contribution in [2.24, 2.45) is 5.41 Å². The normalized spacial score (nSPS) is 20.7. The summed E-state index contributed by atoms with van der Waals surface area (Å²) in [6.45, 7) is 34.3. The number of hydrogen-bond acceptors (Lipinski definition) is 9. The Hall–Kier alpha value is -1.77. The van der Waals surface area contributed by atoms with Gasteiger partial charge in [-0.05, 0) is 116 Å². The van der Waals surface area contributed by atoms with E-state index in [0.717, 1.165) is 16.7 Å². The van der Waals surface area contributed by atoms with Crippen LogP contribution in [0, 0.1) is 5.41 Å². The van der Waals surface area contributed by atoms with Gasteiger partial charge in [-0.15, -0.1) is 0 Å². The van der Waals surface area contributed by atoms with Gasteiger partial charge in [0, 0.05) is 54.0 Å². The molecule has 10 heteroatoms. The maximum Gasteiger partial charge on any atom is 0.324 e. The van der Waals surface area contributed by atoms with E-state index < -0.39 is 48.8 Å². The zero-order valence-electron chi connectivity index (χ0n) is 36.2. The second kappa shape index (κ2) is 16.8. The molecule has 1 aromatic rings. The van der Waals surface area contributed by atoms with E-state index >= 15 is 9.59 Å². The number of carbonyl (C=O) groups excluding carboxylic acids is 2. The number of esters is 2. The minimum atomic E-state index is -1.65. The van der Waals surface area contributed by atoms with Crippen molar-refractivity contribution in [3.05, 3.63) is 28.8 Å². The molecule has 0 atom stereocenters. The molecule has 0 saturated carbocycles. The molecular weight excluding hydrogens is 687 g/mol. The molecule has 9 nitrogen and oxygen atoms in total. The van der Waals surface area contributed by atoms with Crippen molar-refractivity contribution in [2.45, 2.75) is 201 Å². The molecule has 0 unspecified atom stereocenters. The second-order valence-corrected chi connectivity index (χ2v) is 22.1. The van der Waals surface area contributed by atoms with E-state index in [2.05, 4.69) is 108 Å². The van der Waals surface area contributed by atoms with Crippen LogP contribution in [0.3, 0.4) is 0 Å². The van der Waals surface area contributed by atoms with E-state index in [1.807, 2.05) is 26.0 Å². The zero-order chi connectivity index (χ0) is 40.4. The third-order valence-electron chi connectivity index (χ3n) is 10.4. The van der Waals surface area contributed by atoms with Gasteiger partial charge in [0.2, 0.25) is 0 Å². The fourth-order valence-electron chi connectivity index (χ4n) is 8.92. The lowest BCUT2D eigenvalue weighted by Crippen LogP contribution is -2.61. The SMILES string of the molecule is CCOP(CCCC(Cc1cc(C(C)(C)C)c(O)c(C(C)(C)C)c1)(C(=O)OC1CC(C)(C)NC(C)(C)C1)C(=O)OC1CC(C)(C)NC(C)(C)C1)OCC. The Morgan fingerprint density at radius 1 is 0.717 bits per heavy atom. The summed E-state index contributed by atoms with van der Waals surface area (Å²) in [5.74, 6) is -0.844. The fraction of sp³-hybridized carbons (Fsp3) is 0.814. The van der Waals surface area contributed by atoms with Gasteiger partial charge in [-0.3, -0.25) is 9.59 Å². The summed E-state index contributed by atoms with van der Waals surface area (Å²) in [7, 11) is -1.20. The average molecular weight is 763 g/mol. The molecule has 2 saturated heterocycles. The van der Waals surface area contributed by atoms with E-state index in [9.17, 15) is 5.11 Å². The lowest BCUT2D eigenvalue weighted by Gasteiger charge is -2.47. The zero-order valence-corrected chi connectivity index (χ0v) is 37.1. The summed E-state index contributed by atoms with van der Waals surface area (Å²) in [4.78, 5) is 30.4. The van der Waals surface area contributed by atoms with Gasteiger partial charge >= 0.3 is 11.9 Å². The maximum absolute atomic E-state index is 15.2. The summed E-state index contributed by atoms with van der Waals surface area (Å²) in [5.41, 5.74) is -1.19. The van der Waals surface area contributed by atoms with Crippen LogP contribution < -0.4 is 10.6 Å². The first kappa shape index (κ1) is 45.6. The number of carbonyl (C=O) groups is 2. The first-order valence-corrected chi connectivity index (χ1v) is 21.3. The molecule has 304 valence electrons. The first-order valence-electron chi connectivity index (χ1n) is 19.9. The van der Waals surface area contributed by atoms with Gasteiger partial charge < -0.3 is 34.3 Å². The van der Waals surface area contributed by atoms with Crippen LogP contribution in [0.2, 0.25) is 0 Å². The van der Waals surface area contributed by atoms with Crippen molar-refractivity contribution in [3.63, 3.8) is 0 Å². The molecule has 2 fully saturated rings. The molecule has 3 N–H and O–H groups in total. The van der Waals surface area contributed by atoms with E-state index in [1.165, 1.54) is 0 Å². The molecule has 53 heavy (non-hydrogen) atoms. The van der Waals surface area contributed by atoms with Crippen LogP contribution >= 0.6 is 8.38 Å². The van der Waals surface area contributed by atoms with Crippen molar-refractivity contribution in [2.75, 3.05) is 19.4 Å². The molecule has 2 aliphatic heterocycles. The Morgan fingerprint density at radius 2 is 1.08 bits per heavy atom. The average Bonchev–Trinajstić information content (AvgIpc) is 2.92. The molecule has 0 aliphatic carbocycles. The number of hydrogen-bond donors (Lipinski definition) is 3. The van der Waals surface area contributed by atoms with E-state index in [0.29, 0.717) is 51.5 Å². The topological polar surface area (TPSA) is 115 Å². The highest BCUT2D eigenvalue weighted by molar-refractivity contribution is 7.47. The summed E-state index contributed by atoms with van der Waals surface area (Å²) in [5, 5.41) is 19.0. The van der Waals surface area contributed by atoms with E-state index in [-0.39, 0.29) is 40.7 Å². The Kier molecular flexibility index (Phi) is 14.4. The van der Waals surface area contributed by atoms with Crippen LogP contribution in [0.15, 0.2) is 12.1 Å². The first-order chi connectivity index (χ1) is 24.0. The van der Waals surface area contributed by atoms with E-state index in [1.54, 1.807) is 0 Å².